The SMILES string of the molecule is O=C(COCC(F)(F)F)Nc1cccc(CNC2CC2)c1. The number of nitrogens with one attached hydrogen (secondary N) is 2. The summed E-state index contributed by atoms with van der Waals surface area (Å²) in [5, 5.41) is 5.85. The number of ether oxygens (including phenoxy) is 1. The Labute approximate surface area is 120 Å². The molecule has 0 saturated heterocycles. The molecule has 0 aromatic heterocycles. The van der Waals surface area contributed by atoms with Gasteiger partial charge in [0.05, 0.1) is 0 Å². The quantitative estimate of drug-likeness (QED) is 0.813. The molecule has 0 aliphatic heterocycles. The molecule has 1 aliphatic rings. The predicted octanol–water partition coefficient (Wildman–Crippen LogP) is 2.46. The lowest BCUT2D eigenvalue weighted by atomic mass is 10.2. The van der Waals surface area contributed by atoms with Crippen LogP contribution in [0.5, 0.6) is 0 Å². The lowest BCUT2D eigenvalue weighted by Gasteiger charge is -2.09. The van der Waals surface area contributed by atoms with Crippen molar-refractivity contribution in [1.29, 1.82) is 0 Å². The summed E-state index contributed by atoms with van der Waals surface area (Å²) in [4.78, 5) is 11.5. The zero-order valence-electron chi connectivity index (χ0n) is 11.4. The van der Waals surface area contributed by atoms with Crippen LogP contribution in [0.25, 0.3) is 0 Å². The van der Waals surface area contributed by atoms with Crippen LogP contribution in [0.2, 0.25) is 0 Å². The van der Waals surface area contributed by atoms with Crippen LogP contribution in [0.4, 0.5) is 18.9 Å². The monoisotopic (exact) mass is 302 g/mol. The molecule has 4 nitrogen and oxygen atoms in total. The van der Waals surface area contributed by atoms with Crippen LogP contribution in [0.15, 0.2) is 24.3 Å². The molecule has 0 atom stereocenters. The Morgan fingerprint density at radius 1 is 1.33 bits per heavy atom. The van der Waals surface area contributed by atoms with Gasteiger partial charge < -0.3 is 15.4 Å². The van der Waals surface area contributed by atoms with Gasteiger partial charge >= 0.3 is 6.18 Å². The van der Waals surface area contributed by atoms with E-state index >= 15 is 0 Å². The lowest BCUT2D eigenvalue weighted by Crippen LogP contribution is -2.24. The summed E-state index contributed by atoms with van der Waals surface area (Å²) in [5.41, 5.74) is 1.56. The first-order valence-electron chi connectivity index (χ1n) is 6.69. The number of hydrogen-bond acceptors (Lipinski definition) is 3. The van der Waals surface area contributed by atoms with Crippen LogP contribution < -0.4 is 10.6 Å². The first-order chi connectivity index (χ1) is 9.92. The predicted molar refractivity (Wildman–Crippen MR) is 71.8 cm³/mol. The maximum absolute atomic E-state index is 11.9. The van der Waals surface area contributed by atoms with Crippen molar-refractivity contribution in [2.75, 3.05) is 18.5 Å². The molecule has 0 heterocycles. The molecule has 0 bridgehead atoms. The van der Waals surface area contributed by atoms with Crippen molar-refractivity contribution in [2.45, 2.75) is 31.6 Å². The minimum Gasteiger partial charge on any atom is -0.362 e. The van der Waals surface area contributed by atoms with Crippen LogP contribution in [-0.4, -0.2) is 31.3 Å². The zero-order valence-corrected chi connectivity index (χ0v) is 11.4. The van der Waals surface area contributed by atoms with E-state index in [2.05, 4.69) is 15.4 Å². The van der Waals surface area contributed by atoms with Gasteiger partial charge in [0, 0.05) is 18.3 Å². The average molecular weight is 302 g/mol. The Morgan fingerprint density at radius 2 is 2.10 bits per heavy atom. The van der Waals surface area contributed by atoms with Gasteiger partial charge in [-0.1, -0.05) is 12.1 Å². The minimum absolute atomic E-state index is 0.547. The largest absolute Gasteiger partial charge is 0.411 e. The summed E-state index contributed by atoms with van der Waals surface area (Å²) in [7, 11) is 0. The molecule has 0 unspecified atom stereocenters. The first-order valence-corrected chi connectivity index (χ1v) is 6.69. The Bertz CT molecular complexity index is 487. The molecular formula is C14H17F3N2O2. The van der Waals surface area contributed by atoms with Crippen molar-refractivity contribution in [3.8, 4) is 0 Å². The molecule has 1 amide bonds. The van der Waals surface area contributed by atoms with Gasteiger partial charge in [-0.3, -0.25) is 4.79 Å². The van der Waals surface area contributed by atoms with E-state index < -0.39 is 25.3 Å². The fourth-order valence-electron chi connectivity index (χ4n) is 1.77. The minimum atomic E-state index is -4.42. The lowest BCUT2D eigenvalue weighted by molar-refractivity contribution is -0.174. The van der Waals surface area contributed by atoms with E-state index in [0.29, 0.717) is 18.3 Å². The third-order valence-electron chi connectivity index (χ3n) is 2.88. The number of halogens is 3. The van der Waals surface area contributed by atoms with Gasteiger partial charge in [0.15, 0.2) is 0 Å². The highest BCUT2D eigenvalue weighted by atomic mass is 19.4. The molecule has 7 heteroatoms. The van der Waals surface area contributed by atoms with Gasteiger partial charge in [-0.2, -0.15) is 13.2 Å². The van der Waals surface area contributed by atoms with Gasteiger partial charge in [0.2, 0.25) is 5.91 Å². The third-order valence-corrected chi connectivity index (χ3v) is 2.88. The van der Waals surface area contributed by atoms with E-state index in [1.54, 1.807) is 18.2 Å². The number of alkyl halides is 3. The molecule has 1 saturated carbocycles. The van der Waals surface area contributed by atoms with Crippen molar-refractivity contribution >= 4 is 11.6 Å². The number of amides is 1. The smallest absolute Gasteiger partial charge is 0.362 e. The highest BCUT2D eigenvalue weighted by Gasteiger charge is 2.27. The number of rotatable bonds is 7. The molecule has 2 N–H and O–H groups in total. The van der Waals surface area contributed by atoms with Crippen molar-refractivity contribution in [2.24, 2.45) is 0 Å². The molecular weight excluding hydrogens is 285 g/mol. The number of carbonyl (C=O) groups excluding carboxylic acids is 1. The second kappa shape index (κ2) is 6.91. The van der Waals surface area contributed by atoms with Gasteiger partial charge in [-0.05, 0) is 30.5 Å². The molecule has 0 radical (unpaired) electrons. The van der Waals surface area contributed by atoms with Crippen molar-refractivity contribution < 1.29 is 22.7 Å². The summed E-state index contributed by atoms with van der Waals surface area (Å²) in [6, 6.07) is 7.76. The number of carbonyl (C=O) groups is 1. The number of hydrogen-bond donors (Lipinski definition) is 2. The van der Waals surface area contributed by atoms with Crippen LogP contribution in [0.3, 0.4) is 0 Å². The fourth-order valence-corrected chi connectivity index (χ4v) is 1.77. The van der Waals surface area contributed by atoms with E-state index in [4.69, 9.17) is 0 Å². The zero-order chi connectivity index (χ0) is 15.3. The van der Waals surface area contributed by atoms with Gasteiger partial charge in [-0.15, -0.1) is 0 Å². The van der Waals surface area contributed by atoms with Gasteiger partial charge in [0.1, 0.15) is 13.2 Å². The van der Waals surface area contributed by atoms with E-state index in [1.165, 1.54) is 12.8 Å². The summed E-state index contributed by atoms with van der Waals surface area (Å²) in [6.07, 6.45) is -2.05. The van der Waals surface area contributed by atoms with E-state index in [0.717, 1.165) is 5.56 Å². The molecule has 2 rings (SSSR count). The summed E-state index contributed by atoms with van der Waals surface area (Å²) in [5.74, 6) is -0.605. The highest BCUT2D eigenvalue weighted by Crippen LogP contribution is 2.20. The maximum Gasteiger partial charge on any atom is 0.411 e. The molecule has 21 heavy (non-hydrogen) atoms. The van der Waals surface area contributed by atoms with Crippen molar-refractivity contribution in [3.63, 3.8) is 0 Å². The third kappa shape index (κ3) is 6.59. The Morgan fingerprint density at radius 3 is 2.76 bits per heavy atom. The van der Waals surface area contributed by atoms with Crippen LogP contribution in [-0.2, 0) is 16.1 Å². The van der Waals surface area contributed by atoms with E-state index in [1.807, 2.05) is 6.07 Å². The highest BCUT2D eigenvalue weighted by molar-refractivity contribution is 5.91. The Kier molecular flexibility index (Phi) is 5.19. The maximum atomic E-state index is 11.9. The number of anilines is 1. The van der Waals surface area contributed by atoms with Crippen molar-refractivity contribution in [3.05, 3.63) is 29.8 Å². The summed E-state index contributed by atoms with van der Waals surface area (Å²) in [6.45, 7) is -1.34. The van der Waals surface area contributed by atoms with Crippen LogP contribution in [0.1, 0.15) is 18.4 Å². The molecule has 1 aromatic carbocycles. The summed E-state index contributed by atoms with van der Waals surface area (Å²) >= 11 is 0. The Balaban J connectivity index is 1.75. The van der Waals surface area contributed by atoms with Crippen LogP contribution in [0, 0.1) is 0 Å². The normalized spacial score (nSPS) is 15.0. The molecule has 116 valence electrons. The fraction of sp³-hybridized carbons (Fsp3) is 0.500. The van der Waals surface area contributed by atoms with Crippen molar-refractivity contribution in [1.82, 2.24) is 5.32 Å². The van der Waals surface area contributed by atoms with Gasteiger partial charge in [0.25, 0.3) is 0 Å². The Hall–Kier alpha value is -1.60. The van der Waals surface area contributed by atoms with E-state index in [9.17, 15) is 18.0 Å². The summed E-state index contributed by atoms with van der Waals surface area (Å²) < 4.78 is 39.9. The molecule has 1 aromatic rings. The second-order valence-corrected chi connectivity index (χ2v) is 5.01. The molecule has 1 fully saturated rings. The topological polar surface area (TPSA) is 50.4 Å². The van der Waals surface area contributed by atoms with Crippen LogP contribution >= 0.6 is 0 Å². The van der Waals surface area contributed by atoms with E-state index in [-0.39, 0.29) is 0 Å². The average Bonchev–Trinajstić information content (AvgIpc) is 3.19. The molecule has 0 spiro atoms. The molecule has 1 aliphatic carbocycles. The second-order valence-electron chi connectivity index (χ2n) is 5.01. The first kappa shape index (κ1) is 15.8. The number of benzene rings is 1. The standard InChI is InChI=1S/C14H17F3N2O2/c15-14(16,17)9-21-8-13(20)19-12-3-1-2-10(6-12)7-18-11-4-5-11/h1-3,6,11,18H,4-5,7-9H2,(H,19,20). The van der Waals surface area contributed by atoms with Gasteiger partial charge in [-0.25, -0.2) is 0 Å².